The van der Waals surface area contributed by atoms with Gasteiger partial charge >= 0.3 is 0 Å². The molecule has 3 rings (SSSR count). The van der Waals surface area contributed by atoms with Crippen molar-refractivity contribution >= 4 is 20.0 Å². The van der Waals surface area contributed by atoms with Crippen molar-refractivity contribution in [2.75, 3.05) is 6.54 Å². The summed E-state index contributed by atoms with van der Waals surface area (Å²) in [6.45, 7) is 0.404. The van der Waals surface area contributed by atoms with Crippen molar-refractivity contribution < 1.29 is 16.8 Å². The highest BCUT2D eigenvalue weighted by atomic mass is 32.2. The summed E-state index contributed by atoms with van der Waals surface area (Å²) in [5, 5.41) is 5.10. The fraction of sp³-hybridized carbons (Fsp3) is 0.250. The molecular weight excluding hydrogens is 348 g/mol. The predicted molar refractivity (Wildman–Crippen MR) is 90.1 cm³/mol. The molecule has 0 aromatic heterocycles. The second-order valence-electron chi connectivity index (χ2n) is 5.70. The Kier molecular flexibility index (Phi) is 4.48. The van der Waals surface area contributed by atoms with Gasteiger partial charge in [-0.05, 0) is 36.6 Å². The van der Waals surface area contributed by atoms with Gasteiger partial charge in [-0.25, -0.2) is 22.0 Å². The Bertz CT molecular complexity index is 941. The van der Waals surface area contributed by atoms with Crippen molar-refractivity contribution in [3.05, 3.63) is 60.2 Å². The summed E-state index contributed by atoms with van der Waals surface area (Å²) in [5.41, 5.74) is 0.932. The molecule has 0 amide bonds. The molecule has 2 aromatic rings. The predicted octanol–water partition coefficient (Wildman–Crippen LogP) is 1.86. The number of nitrogens with zero attached hydrogens (tertiary/aromatic N) is 1. The maximum Gasteiger partial charge on any atom is 0.243 e. The molecule has 8 heteroatoms. The van der Waals surface area contributed by atoms with E-state index in [9.17, 15) is 16.8 Å². The molecule has 1 aliphatic heterocycles. The van der Waals surface area contributed by atoms with Gasteiger partial charge in [-0.3, -0.25) is 0 Å². The van der Waals surface area contributed by atoms with Crippen LogP contribution in [0.15, 0.2) is 64.4 Å². The number of sulfonamides is 2. The number of benzene rings is 2. The zero-order chi connectivity index (χ0) is 17.4. The molecule has 0 bridgehead atoms. The molecule has 1 unspecified atom stereocenters. The minimum Gasteiger partial charge on any atom is -0.225 e. The van der Waals surface area contributed by atoms with Crippen molar-refractivity contribution in [3.8, 4) is 0 Å². The molecule has 1 atom stereocenters. The summed E-state index contributed by atoms with van der Waals surface area (Å²) in [6.07, 6.45) is 1.49. The quantitative estimate of drug-likeness (QED) is 0.893. The van der Waals surface area contributed by atoms with Gasteiger partial charge in [0.25, 0.3) is 0 Å². The summed E-state index contributed by atoms with van der Waals surface area (Å²) in [6, 6.07) is 14.4. The van der Waals surface area contributed by atoms with Gasteiger partial charge in [-0.1, -0.05) is 36.4 Å². The molecule has 1 heterocycles. The molecule has 1 fully saturated rings. The van der Waals surface area contributed by atoms with E-state index in [1.165, 1.54) is 22.5 Å². The summed E-state index contributed by atoms with van der Waals surface area (Å²) in [4.78, 5) is -0.268. The Morgan fingerprint density at radius 3 is 2.25 bits per heavy atom. The number of rotatable bonds is 4. The van der Waals surface area contributed by atoms with E-state index >= 15 is 0 Å². The molecule has 0 saturated carbocycles. The molecule has 2 aromatic carbocycles. The van der Waals surface area contributed by atoms with Crippen LogP contribution in [0, 0.1) is 0 Å². The average molecular weight is 366 g/mol. The van der Waals surface area contributed by atoms with Crippen molar-refractivity contribution in [1.29, 1.82) is 0 Å². The first-order valence-electron chi connectivity index (χ1n) is 7.50. The minimum atomic E-state index is -3.96. The van der Waals surface area contributed by atoms with E-state index in [1.54, 1.807) is 0 Å². The van der Waals surface area contributed by atoms with Crippen LogP contribution in [0.25, 0.3) is 0 Å². The van der Waals surface area contributed by atoms with Crippen LogP contribution in [0.5, 0.6) is 0 Å². The maximum atomic E-state index is 13.0. The normalized spacial score (nSPS) is 19.5. The molecule has 0 spiro atoms. The van der Waals surface area contributed by atoms with Crippen LogP contribution >= 0.6 is 0 Å². The van der Waals surface area contributed by atoms with Gasteiger partial charge in [0.05, 0.1) is 15.8 Å². The molecule has 1 aliphatic rings. The van der Waals surface area contributed by atoms with Crippen LogP contribution in [0.3, 0.4) is 0 Å². The van der Waals surface area contributed by atoms with E-state index in [1.807, 2.05) is 30.3 Å². The van der Waals surface area contributed by atoms with Crippen molar-refractivity contribution in [2.45, 2.75) is 28.7 Å². The fourth-order valence-electron chi connectivity index (χ4n) is 2.98. The number of hydrogen-bond acceptors (Lipinski definition) is 4. The van der Waals surface area contributed by atoms with Crippen LogP contribution in [-0.2, 0) is 20.0 Å². The third kappa shape index (κ3) is 3.23. The smallest absolute Gasteiger partial charge is 0.225 e. The topological polar surface area (TPSA) is 97.5 Å². The molecule has 2 N–H and O–H groups in total. The zero-order valence-electron chi connectivity index (χ0n) is 12.9. The van der Waals surface area contributed by atoms with Crippen molar-refractivity contribution in [2.24, 2.45) is 5.14 Å². The minimum absolute atomic E-state index is 0.0585. The van der Waals surface area contributed by atoms with Gasteiger partial charge in [-0.2, -0.15) is 4.31 Å². The second kappa shape index (κ2) is 6.29. The Morgan fingerprint density at radius 2 is 1.58 bits per heavy atom. The lowest BCUT2D eigenvalue weighted by atomic mass is 10.1. The third-order valence-corrected chi connectivity index (χ3v) is 6.94. The highest BCUT2D eigenvalue weighted by Crippen LogP contribution is 2.36. The van der Waals surface area contributed by atoms with Gasteiger partial charge < -0.3 is 0 Å². The number of hydrogen-bond donors (Lipinski definition) is 1. The zero-order valence-corrected chi connectivity index (χ0v) is 14.5. The van der Waals surface area contributed by atoms with E-state index < -0.39 is 20.0 Å². The Balaban J connectivity index is 2.01. The lowest BCUT2D eigenvalue weighted by Gasteiger charge is -2.24. The largest absolute Gasteiger partial charge is 0.243 e. The first kappa shape index (κ1) is 17.1. The molecule has 0 radical (unpaired) electrons. The highest BCUT2D eigenvalue weighted by Gasteiger charge is 2.36. The van der Waals surface area contributed by atoms with E-state index in [2.05, 4.69) is 0 Å². The van der Waals surface area contributed by atoms with E-state index in [4.69, 9.17) is 5.14 Å². The van der Waals surface area contributed by atoms with Crippen molar-refractivity contribution in [1.82, 2.24) is 4.31 Å². The molecule has 1 saturated heterocycles. The molecule has 6 nitrogen and oxygen atoms in total. The second-order valence-corrected chi connectivity index (χ2v) is 9.16. The lowest BCUT2D eigenvalue weighted by Crippen LogP contribution is -2.30. The van der Waals surface area contributed by atoms with E-state index in [-0.39, 0.29) is 15.8 Å². The van der Waals surface area contributed by atoms with Crippen LogP contribution < -0.4 is 5.14 Å². The third-order valence-electron chi connectivity index (χ3n) is 4.13. The monoisotopic (exact) mass is 366 g/mol. The van der Waals surface area contributed by atoms with Gasteiger partial charge in [-0.15, -0.1) is 0 Å². The Hall–Kier alpha value is -1.74. The van der Waals surface area contributed by atoms with Crippen molar-refractivity contribution in [3.63, 3.8) is 0 Å². The first-order valence-corrected chi connectivity index (χ1v) is 10.5. The lowest BCUT2D eigenvalue weighted by molar-refractivity contribution is 0.396. The molecule has 128 valence electrons. The average Bonchev–Trinajstić information content (AvgIpc) is 3.05. The van der Waals surface area contributed by atoms with Crippen LogP contribution in [0.1, 0.15) is 24.4 Å². The van der Waals surface area contributed by atoms with Crippen LogP contribution in [-0.4, -0.2) is 27.7 Å². The molecule has 0 aliphatic carbocycles. The first-order chi connectivity index (χ1) is 11.3. The van der Waals surface area contributed by atoms with Gasteiger partial charge in [0.2, 0.25) is 20.0 Å². The number of primary sulfonamides is 1. The highest BCUT2D eigenvalue weighted by molar-refractivity contribution is 7.90. The SMILES string of the molecule is NS(=O)(=O)c1cccc(S(=O)(=O)N2CCCC2c2ccccc2)c1. The summed E-state index contributed by atoms with van der Waals surface area (Å²) < 4.78 is 50.4. The molecular formula is C16H18N2O4S2. The Labute approximate surface area is 142 Å². The van der Waals surface area contributed by atoms with Gasteiger partial charge in [0.1, 0.15) is 0 Å². The Morgan fingerprint density at radius 1 is 0.917 bits per heavy atom. The summed E-state index contributed by atoms with van der Waals surface area (Å²) in [5.74, 6) is 0. The standard InChI is InChI=1S/C16H18N2O4S2/c17-23(19,20)14-8-4-9-15(12-14)24(21,22)18-11-5-10-16(18)13-6-2-1-3-7-13/h1-4,6-9,12,16H,5,10-11H2,(H2,17,19,20). The summed E-state index contributed by atoms with van der Waals surface area (Å²) in [7, 11) is -7.76. The number of nitrogens with two attached hydrogens (primary N) is 1. The van der Waals surface area contributed by atoms with Crippen LogP contribution in [0.4, 0.5) is 0 Å². The van der Waals surface area contributed by atoms with E-state index in [0.29, 0.717) is 6.54 Å². The van der Waals surface area contributed by atoms with Gasteiger partial charge in [0.15, 0.2) is 0 Å². The van der Waals surface area contributed by atoms with Gasteiger partial charge in [0, 0.05) is 6.54 Å². The van der Waals surface area contributed by atoms with Crippen LogP contribution in [0.2, 0.25) is 0 Å². The molecule has 24 heavy (non-hydrogen) atoms. The van der Waals surface area contributed by atoms with E-state index in [0.717, 1.165) is 24.5 Å². The maximum absolute atomic E-state index is 13.0. The fourth-order valence-corrected chi connectivity index (χ4v) is 5.35. The summed E-state index contributed by atoms with van der Waals surface area (Å²) >= 11 is 0.